The lowest BCUT2D eigenvalue weighted by atomic mass is 10.2. The third-order valence-corrected chi connectivity index (χ3v) is 3.76. The number of hydrogen-bond donors (Lipinski definition) is 1. The van der Waals surface area contributed by atoms with E-state index < -0.39 is 29.4 Å². The van der Waals surface area contributed by atoms with Gasteiger partial charge in [0.25, 0.3) is 5.91 Å². The molecule has 0 bridgehead atoms. The summed E-state index contributed by atoms with van der Waals surface area (Å²) in [5.74, 6) is -0.956. The monoisotopic (exact) mass is 395 g/mol. The molecule has 0 saturated heterocycles. The van der Waals surface area contributed by atoms with Crippen molar-refractivity contribution in [2.24, 2.45) is 0 Å². The van der Waals surface area contributed by atoms with Gasteiger partial charge in [-0.15, -0.1) is 10.2 Å². The fourth-order valence-corrected chi connectivity index (χ4v) is 2.55. The molecule has 0 radical (unpaired) electrons. The zero-order chi connectivity index (χ0) is 20.3. The highest BCUT2D eigenvalue weighted by molar-refractivity contribution is 5.95. The molecule has 0 saturated carbocycles. The Morgan fingerprint density at radius 1 is 1.32 bits per heavy atom. The highest BCUT2D eigenvalue weighted by atomic mass is 19.4. The summed E-state index contributed by atoms with van der Waals surface area (Å²) in [5.41, 5.74) is -1.85. The standard InChI is InChI=1S/C16H16F3N7O2/c1-10(8-25-6-5-20-9-25)22-15(27)11-7-21-26(14(11)16(17,18)19)12-3-4-13(28-2)24-23-12/h3-7,9-10H,8H2,1-2H3,(H,22,27)/t10-/m1/s1. The SMILES string of the molecule is COc1ccc(-n2ncc(C(=O)N[C@H](C)Cn3ccnc3)c2C(F)(F)F)nn1. The number of nitrogens with zero attached hydrogens (tertiary/aromatic N) is 6. The first-order valence-electron chi connectivity index (χ1n) is 8.09. The molecule has 0 unspecified atom stereocenters. The molecule has 28 heavy (non-hydrogen) atoms. The van der Waals surface area contributed by atoms with Gasteiger partial charge in [-0.3, -0.25) is 4.79 Å². The lowest BCUT2D eigenvalue weighted by molar-refractivity contribution is -0.143. The second-order valence-corrected chi connectivity index (χ2v) is 5.88. The molecule has 0 spiro atoms. The second-order valence-electron chi connectivity index (χ2n) is 5.88. The lowest BCUT2D eigenvalue weighted by Crippen LogP contribution is -2.36. The Balaban J connectivity index is 1.88. The average molecular weight is 395 g/mol. The van der Waals surface area contributed by atoms with Crippen molar-refractivity contribution in [3.63, 3.8) is 0 Å². The van der Waals surface area contributed by atoms with Crippen LogP contribution in [0.2, 0.25) is 0 Å². The molecule has 1 N–H and O–H groups in total. The molecule has 148 valence electrons. The summed E-state index contributed by atoms with van der Waals surface area (Å²) >= 11 is 0. The number of amides is 1. The number of carbonyl (C=O) groups is 1. The Bertz CT molecular complexity index is 936. The molecule has 3 aromatic rings. The summed E-state index contributed by atoms with van der Waals surface area (Å²) in [6.45, 7) is 2.02. The summed E-state index contributed by atoms with van der Waals surface area (Å²) in [5, 5.41) is 13.5. The molecule has 1 atom stereocenters. The lowest BCUT2D eigenvalue weighted by Gasteiger charge is -2.16. The highest BCUT2D eigenvalue weighted by Gasteiger charge is 2.41. The van der Waals surface area contributed by atoms with E-state index in [1.54, 1.807) is 30.2 Å². The minimum Gasteiger partial charge on any atom is -0.480 e. The summed E-state index contributed by atoms with van der Waals surface area (Å²) in [6, 6.07) is 2.17. The first-order chi connectivity index (χ1) is 13.3. The molecule has 1 amide bonds. The number of hydrogen-bond acceptors (Lipinski definition) is 6. The van der Waals surface area contributed by atoms with E-state index in [-0.39, 0.29) is 11.7 Å². The average Bonchev–Trinajstić information content (AvgIpc) is 3.30. The Hall–Kier alpha value is -3.44. The van der Waals surface area contributed by atoms with Crippen LogP contribution in [-0.2, 0) is 12.7 Å². The third kappa shape index (κ3) is 4.10. The summed E-state index contributed by atoms with van der Waals surface area (Å²) in [7, 11) is 1.35. The molecule has 12 heteroatoms. The van der Waals surface area contributed by atoms with Gasteiger partial charge in [0.1, 0.15) is 0 Å². The molecule has 3 aromatic heterocycles. The van der Waals surface area contributed by atoms with Gasteiger partial charge in [0, 0.05) is 31.0 Å². The Kier molecular flexibility index (Phi) is 5.29. The van der Waals surface area contributed by atoms with Gasteiger partial charge in [-0.25, -0.2) is 9.67 Å². The van der Waals surface area contributed by atoms with Crippen molar-refractivity contribution in [3.05, 3.63) is 48.3 Å². The van der Waals surface area contributed by atoms with E-state index in [0.717, 1.165) is 6.20 Å². The van der Waals surface area contributed by atoms with Crippen LogP contribution in [0.3, 0.4) is 0 Å². The fraction of sp³-hybridized carbons (Fsp3) is 0.312. The number of methoxy groups -OCH3 is 1. The number of rotatable bonds is 6. The van der Waals surface area contributed by atoms with Crippen molar-refractivity contribution in [2.45, 2.75) is 25.7 Å². The highest BCUT2D eigenvalue weighted by Crippen LogP contribution is 2.33. The zero-order valence-corrected chi connectivity index (χ0v) is 14.9. The Morgan fingerprint density at radius 3 is 2.68 bits per heavy atom. The molecule has 0 aliphatic rings. The molecule has 9 nitrogen and oxygen atoms in total. The van der Waals surface area contributed by atoms with E-state index in [0.29, 0.717) is 11.2 Å². The van der Waals surface area contributed by atoms with Crippen LogP contribution in [0.15, 0.2) is 37.1 Å². The summed E-state index contributed by atoms with van der Waals surface area (Å²) in [6.07, 6.45) is 0.816. The first-order valence-corrected chi connectivity index (χ1v) is 8.09. The van der Waals surface area contributed by atoms with Gasteiger partial charge >= 0.3 is 6.18 Å². The van der Waals surface area contributed by atoms with E-state index in [9.17, 15) is 18.0 Å². The number of aromatic nitrogens is 6. The zero-order valence-electron chi connectivity index (χ0n) is 14.9. The number of alkyl halides is 3. The number of carbonyl (C=O) groups excluding carboxylic acids is 1. The van der Waals surface area contributed by atoms with Crippen molar-refractivity contribution in [1.29, 1.82) is 0 Å². The maximum Gasteiger partial charge on any atom is 0.434 e. The van der Waals surface area contributed by atoms with E-state index in [2.05, 4.69) is 25.6 Å². The topological polar surface area (TPSA) is 99.8 Å². The van der Waals surface area contributed by atoms with Crippen LogP contribution in [0, 0.1) is 0 Å². The quantitative estimate of drug-likeness (QED) is 0.682. The minimum atomic E-state index is -4.83. The summed E-state index contributed by atoms with van der Waals surface area (Å²) < 4.78 is 48.0. The van der Waals surface area contributed by atoms with E-state index in [1.165, 1.54) is 19.2 Å². The molecule has 0 aliphatic heterocycles. The van der Waals surface area contributed by atoms with Crippen LogP contribution in [0.1, 0.15) is 23.0 Å². The van der Waals surface area contributed by atoms with Gasteiger partial charge in [-0.1, -0.05) is 0 Å². The van der Waals surface area contributed by atoms with Gasteiger partial charge in [-0.2, -0.15) is 18.3 Å². The Labute approximate surface area is 157 Å². The number of ether oxygens (including phenoxy) is 1. The second kappa shape index (κ2) is 7.66. The number of nitrogens with one attached hydrogen (secondary N) is 1. The molecular weight excluding hydrogens is 379 g/mol. The van der Waals surface area contributed by atoms with Crippen molar-refractivity contribution in [2.75, 3.05) is 7.11 Å². The predicted octanol–water partition coefficient (Wildman–Crippen LogP) is 1.70. The Morgan fingerprint density at radius 2 is 2.11 bits per heavy atom. The number of halogens is 3. The first kappa shape index (κ1) is 19.3. The molecular formula is C16H16F3N7O2. The predicted molar refractivity (Wildman–Crippen MR) is 89.9 cm³/mol. The fourth-order valence-electron chi connectivity index (χ4n) is 2.55. The molecule has 3 rings (SSSR count). The van der Waals surface area contributed by atoms with Crippen LogP contribution in [0.5, 0.6) is 5.88 Å². The van der Waals surface area contributed by atoms with Gasteiger partial charge in [0.05, 0.1) is 25.2 Å². The largest absolute Gasteiger partial charge is 0.480 e. The van der Waals surface area contributed by atoms with Crippen LogP contribution in [0.4, 0.5) is 13.2 Å². The smallest absolute Gasteiger partial charge is 0.434 e. The minimum absolute atomic E-state index is 0.135. The molecule has 3 heterocycles. The van der Waals surface area contributed by atoms with E-state index in [4.69, 9.17) is 4.74 Å². The molecule has 0 aliphatic carbocycles. The van der Waals surface area contributed by atoms with Gasteiger partial charge in [-0.05, 0) is 13.0 Å². The van der Waals surface area contributed by atoms with E-state index >= 15 is 0 Å². The van der Waals surface area contributed by atoms with Gasteiger partial charge < -0.3 is 14.6 Å². The van der Waals surface area contributed by atoms with Crippen molar-refractivity contribution in [3.8, 4) is 11.7 Å². The maximum absolute atomic E-state index is 13.7. The maximum atomic E-state index is 13.7. The van der Waals surface area contributed by atoms with Crippen LogP contribution in [-0.4, -0.2) is 48.6 Å². The molecule has 0 aromatic carbocycles. The van der Waals surface area contributed by atoms with Crippen molar-refractivity contribution in [1.82, 2.24) is 34.8 Å². The van der Waals surface area contributed by atoms with Crippen molar-refractivity contribution >= 4 is 5.91 Å². The van der Waals surface area contributed by atoms with Gasteiger partial charge in [0.15, 0.2) is 11.5 Å². The van der Waals surface area contributed by atoms with Crippen molar-refractivity contribution < 1.29 is 22.7 Å². The van der Waals surface area contributed by atoms with Crippen LogP contribution in [0.25, 0.3) is 5.82 Å². The number of imidazole rings is 1. The normalized spacial score (nSPS) is 12.6. The van der Waals surface area contributed by atoms with Crippen LogP contribution >= 0.6 is 0 Å². The van der Waals surface area contributed by atoms with Crippen LogP contribution < -0.4 is 10.1 Å². The molecule has 0 fully saturated rings. The summed E-state index contributed by atoms with van der Waals surface area (Å²) in [4.78, 5) is 16.3. The van der Waals surface area contributed by atoms with E-state index in [1.807, 2.05) is 0 Å². The van der Waals surface area contributed by atoms with Gasteiger partial charge in [0.2, 0.25) is 5.88 Å². The third-order valence-electron chi connectivity index (χ3n) is 3.76.